The lowest BCUT2D eigenvalue weighted by molar-refractivity contribution is 0.324. The van der Waals surface area contributed by atoms with Crippen LogP contribution in [0.5, 0.6) is 17.2 Å². The van der Waals surface area contributed by atoms with Gasteiger partial charge in [-0.3, -0.25) is 4.72 Å². The molecule has 4 rings (SSSR count). The van der Waals surface area contributed by atoms with Crippen LogP contribution in [0, 0.1) is 6.92 Å². The van der Waals surface area contributed by atoms with Crippen molar-refractivity contribution in [1.82, 2.24) is 19.9 Å². The number of hydrogen-bond acceptors (Lipinski definition) is 11. The number of nitrogen functional groups attached to an aromatic ring is 1. The molecule has 4 aromatic rings. The van der Waals surface area contributed by atoms with Crippen LogP contribution in [-0.4, -0.2) is 55.5 Å². The zero-order chi connectivity index (χ0) is 29.6. The molecule has 0 amide bonds. The summed E-state index contributed by atoms with van der Waals surface area (Å²) in [5, 5.41) is 2.72. The van der Waals surface area contributed by atoms with E-state index in [1.807, 2.05) is 12.1 Å². The maximum absolute atomic E-state index is 12.5. The minimum absolute atomic E-state index is 0.278. The minimum Gasteiger partial charge on any atom is -0.493 e. The molecule has 0 aliphatic carbocycles. The summed E-state index contributed by atoms with van der Waals surface area (Å²) < 4.78 is 43.8. The van der Waals surface area contributed by atoms with Crippen LogP contribution >= 0.6 is 0 Å². The summed E-state index contributed by atoms with van der Waals surface area (Å²) in [5.41, 5.74) is 9.30. The van der Waals surface area contributed by atoms with Crippen molar-refractivity contribution in [3.63, 3.8) is 0 Å². The Morgan fingerprint density at radius 1 is 0.976 bits per heavy atom. The molecule has 41 heavy (non-hydrogen) atoms. The summed E-state index contributed by atoms with van der Waals surface area (Å²) in [6.45, 7) is 3.44. The van der Waals surface area contributed by atoms with Crippen LogP contribution in [-0.2, 0) is 16.4 Å². The molecule has 2 aromatic heterocycles. The van der Waals surface area contributed by atoms with Crippen molar-refractivity contribution < 1.29 is 22.6 Å². The molecule has 0 atom stereocenters. The first-order valence-electron chi connectivity index (χ1n) is 12.3. The van der Waals surface area contributed by atoms with Crippen LogP contribution in [0.15, 0.2) is 65.0 Å². The molecular weight excluding hydrogens is 548 g/mol. The summed E-state index contributed by atoms with van der Waals surface area (Å²) in [6.07, 6.45) is 3.48. The van der Waals surface area contributed by atoms with Crippen molar-refractivity contribution in [1.29, 1.82) is 0 Å². The Morgan fingerprint density at radius 2 is 1.66 bits per heavy atom. The number of aromatic nitrogens is 4. The number of aliphatic imine (C=N–C) groups is 1. The standard InChI is InChI=1S/C27H30N8O5S/c1-16-10-11-29-27(31-16)41(36,37)35-21-8-6-20(7-9-21)32-17(2)33-26-30-15-19(25(28)34-26)12-18-13-22(38-3)24(40-5)23(14-18)39-4/h6-11,13-15,35H,12H2,1-5H3,(H3,28,30,32,33,34). The first-order valence-corrected chi connectivity index (χ1v) is 13.7. The van der Waals surface area contributed by atoms with Gasteiger partial charge >= 0.3 is 0 Å². The van der Waals surface area contributed by atoms with Gasteiger partial charge in [0.05, 0.1) is 27.0 Å². The van der Waals surface area contributed by atoms with Crippen LogP contribution in [0.3, 0.4) is 0 Å². The molecule has 0 fully saturated rings. The van der Waals surface area contributed by atoms with Crippen molar-refractivity contribution in [2.75, 3.05) is 37.1 Å². The van der Waals surface area contributed by atoms with Crippen LogP contribution in [0.1, 0.15) is 23.7 Å². The third kappa shape index (κ3) is 7.16. The highest BCUT2D eigenvalue weighted by Crippen LogP contribution is 2.38. The molecule has 2 heterocycles. The van der Waals surface area contributed by atoms with Crippen molar-refractivity contribution >= 4 is 39.0 Å². The third-order valence-electron chi connectivity index (χ3n) is 5.74. The van der Waals surface area contributed by atoms with Crippen LogP contribution < -0.4 is 30.0 Å². The van der Waals surface area contributed by atoms with Crippen LogP contribution in [0.25, 0.3) is 0 Å². The average Bonchev–Trinajstić information content (AvgIpc) is 2.94. The number of sulfonamides is 1. The maximum atomic E-state index is 12.5. The molecule has 2 aromatic carbocycles. The molecule has 13 nitrogen and oxygen atoms in total. The molecule has 214 valence electrons. The fourth-order valence-corrected chi connectivity index (χ4v) is 4.82. The summed E-state index contributed by atoms with van der Waals surface area (Å²) in [5.74, 6) is 2.67. The topological polar surface area (TPSA) is 176 Å². The number of amidine groups is 1. The number of anilines is 3. The van der Waals surface area contributed by atoms with Gasteiger partial charge in [0.2, 0.25) is 11.7 Å². The van der Waals surface area contributed by atoms with Crippen LogP contribution in [0.2, 0.25) is 0 Å². The molecule has 0 bridgehead atoms. The number of rotatable bonds is 10. The predicted molar refractivity (Wildman–Crippen MR) is 156 cm³/mol. The number of methoxy groups -OCH3 is 3. The highest BCUT2D eigenvalue weighted by molar-refractivity contribution is 7.92. The highest BCUT2D eigenvalue weighted by Gasteiger charge is 2.18. The van der Waals surface area contributed by atoms with E-state index in [1.54, 1.807) is 71.7 Å². The highest BCUT2D eigenvalue weighted by atomic mass is 32.2. The zero-order valence-corrected chi connectivity index (χ0v) is 24.0. The molecular formula is C27H30N8O5S. The van der Waals surface area contributed by atoms with Crippen molar-refractivity contribution in [2.45, 2.75) is 25.4 Å². The molecule has 4 N–H and O–H groups in total. The number of nitrogens with one attached hydrogen (secondary N) is 2. The lowest BCUT2D eigenvalue weighted by Gasteiger charge is -2.14. The lowest BCUT2D eigenvalue weighted by Crippen LogP contribution is -2.16. The fourth-order valence-electron chi connectivity index (χ4n) is 3.82. The Labute approximate surface area is 237 Å². The Hall–Kier alpha value is -4.98. The van der Waals surface area contributed by atoms with E-state index in [-0.39, 0.29) is 11.1 Å². The van der Waals surface area contributed by atoms with E-state index in [2.05, 4.69) is 35.0 Å². The van der Waals surface area contributed by atoms with Crippen molar-refractivity contribution in [3.05, 3.63) is 71.7 Å². The first kappa shape index (κ1) is 29.0. The summed E-state index contributed by atoms with van der Waals surface area (Å²) in [4.78, 5) is 21.0. The van der Waals surface area contributed by atoms with E-state index < -0.39 is 10.0 Å². The summed E-state index contributed by atoms with van der Waals surface area (Å²) in [7, 11) is 0.742. The van der Waals surface area contributed by atoms with E-state index in [9.17, 15) is 8.42 Å². The largest absolute Gasteiger partial charge is 0.493 e. The van der Waals surface area contributed by atoms with Gasteiger partial charge in [-0.2, -0.15) is 13.4 Å². The summed E-state index contributed by atoms with van der Waals surface area (Å²) >= 11 is 0. The van der Waals surface area contributed by atoms with E-state index in [4.69, 9.17) is 19.9 Å². The van der Waals surface area contributed by atoms with E-state index in [1.165, 1.54) is 6.20 Å². The maximum Gasteiger partial charge on any atom is 0.297 e. The first-order chi connectivity index (χ1) is 19.6. The SMILES string of the molecule is COc1cc(Cc2cnc(NC(C)=Nc3ccc(NS(=O)(=O)c4nccc(C)n4)cc3)nc2N)cc(OC)c1OC. The van der Waals surface area contributed by atoms with Crippen LogP contribution in [0.4, 0.5) is 23.1 Å². The quantitative estimate of drug-likeness (QED) is 0.142. The minimum atomic E-state index is -3.92. The van der Waals surface area contributed by atoms with E-state index in [0.29, 0.717) is 58.0 Å². The molecule has 0 saturated carbocycles. The van der Waals surface area contributed by atoms with E-state index >= 15 is 0 Å². The van der Waals surface area contributed by atoms with Gasteiger partial charge in [0, 0.05) is 35.8 Å². The molecule has 0 saturated heterocycles. The lowest BCUT2D eigenvalue weighted by atomic mass is 10.1. The Kier molecular flexibility index (Phi) is 8.82. The second kappa shape index (κ2) is 12.5. The van der Waals surface area contributed by atoms with Gasteiger partial charge in [-0.05, 0) is 61.9 Å². The summed E-state index contributed by atoms with van der Waals surface area (Å²) in [6, 6.07) is 11.8. The average molecular weight is 579 g/mol. The monoisotopic (exact) mass is 578 g/mol. The predicted octanol–water partition coefficient (Wildman–Crippen LogP) is 3.74. The van der Waals surface area contributed by atoms with Crippen molar-refractivity contribution in [3.8, 4) is 17.2 Å². The number of hydrogen-bond donors (Lipinski definition) is 3. The van der Waals surface area contributed by atoms with Gasteiger partial charge in [0.25, 0.3) is 15.2 Å². The van der Waals surface area contributed by atoms with Gasteiger partial charge in [-0.1, -0.05) is 0 Å². The van der Waals surface area contributed by atoms with E-state index in [0.717, 1.165) is 5.56 Å². The Morgan fingerprint density at radius 3 is 2.24 bits per heavy atom. The van der Waals surface area contributed by atoms with Gasteiger partial charge in [-0.15, -0.1) is 0 Å². The van der Waals surface area contributed by atoms with Gasteiger partial charge < -0.3 is 25.3 Å². The van der Waals surface area contributed by atoms with Gasteiger partial charge in [-0.25, -0.2) is 19.9 Å². The smallest absolute Gasteiger partial charge is 0.297 e. The number of aryl methyl sites for hydroxylation is 1. The fraction of sp³-hybridized carbons (Fsp3) is 0.222. The second-order valence-electron chi connectivity index (χ2n) is 8.77. The van der Waals surface area contributed by atoms with Gasteiger partial charge in [0.1, 0.15) is 11.7 Å². The molecule has 0 radical (unpaired) electrons. The normalized spacial score (nSPS) is 11.6. The number of nitrogens with two attached hydrogens (primary N) is 1. The second-order valence-corrected chi connectivity index (χ2v) is 10.3. The number of ether oxygens (including phenoxy) is 3. The molecule has 0 unspecified atom stereocenters. The molecule has 14 heteroatoms. The molecule has 0 aliphatic heterocycles. The Bertz CT molecular complexity index is 1650. The van der Waals surface area contributed by atoms with Gasteiger partial charge in [0.15, 0.2) is 11.5 Å². The third-order valence-corrected chi connectivity index (χ3v) is 6.92. The Balaban J connectivity index is 1.42. The molecule has 0 spiro atoms. The number of benzene rings is 2. The van der Waals surface area contributed by atoms with Crippen molar-refractivity contribution in [2.24, 2.45) is 4.99 Å². The molecule has 0 aliphatic rings. The number of nitrogens with zero attached hydrogens (tertiary/aromatic N) is 5. The zero-order valence-electron chi connectivity index (χ0n) is 23.2.